The molecule has 0 unspecified atom stereocenters. The average molecular weight is 383 g/mol. The predicted molar refractivity (Wildman–Crippen MR) is 109 cm³/mol. The molecule has 140 valence electrons. The first-order valence-corrected chi connectivity index (χ1v) is 9.45. The van der Waals surface area contributed by atoms with Gasteiger partial charge in [0.1, 0.15) is 11.3 Å². The molecular weight excluding hydrogens is 360 g/mol. The first kappa shape index (κ1) is 19.2. The highest BCUT2D eigenvalue weighted by atomic mass is 35.5. The smallest absolute Gasteiger partial charge is 0.220 e. The number of fused-ring (bicyclic) bond motifs is 1. The van der Waals surface area contributed by atoms with Crippen LogP contribution in [0.5, 0.6) is 5.75 Å². The highest BCUT2D eigenvalue weighted by Crippen LogP contribution is 2.38. The molecule has 27 heavy (non-hydrogen) atoms. The van der Waals surface area contributed by atoms with Crippen molar-refractivity contribution in [3.63, 3.8) is 0 Å². The number of aromatic hydroxyl groups is 1. The van der Waals surface area contributed by atoms with Gasteiger partial charge in [-0.05, 0) is 35.2 Å². The third-order valence-corrected chi connectivity index (χ3v) is 5.03. The zero-order valence-electron chi connectivity index (χ0n) is 15.7. The fourth-order valence-corrected chi connectivity index (χ4v) is 3.37. The number of rotatable bonds is 5. The topological polar surface area (TPSA) is 62.2 Å². The minimum absolute atomic E-state index is 0.0318. The Labute approximate surface area is 164 Å². The second-order valence-corrected chi connectivity index (χ2v) is 7.28. The van der Waals surface area contributed by atoms with Crippen molar-refractivity contribution < 1.29 is 9.90 Å². The Bertz CT molecular complexity index is 968. The molecule has 0 saturated heterocycles. The lowest BCUT2D eigenvalue weighted by Gasteiger charge is -2.22. The maximum Gasteiger partial charge on any atom is 0.220 e. The van der Waals surface area contributed by atoms with E-state index in [9.17, 15) is 9.90 Å². The number of phenols is 1. The van der Waals surface area contributed by atoms with E-state index in [1.807, 2.05) is 30.3 Å². The van der Waals surface area contributed by atoms with E-state index in [0.717, 1.165) is 5.56 Å². The van der Waals surface area contributed by atoms with E-state index in [4.69, 9.17) is 11.6 Å². The van der Waals surface area contributed by atoms with Gasteiger partial charge in [-0.3, -0.25) is 9.78 Å². The number of hydrogen-bond acceptors (Lipinski definition) is 3. The molecule has 4 nitrogen and oxygen atoms in total. The van der Waals surface area contributed by atoms with Crippen LogP contribution in [0.25, 0.3) is 10.9 Å². The molecule has 0 saturated carbocycles. The molecule has 1 aromatic heterocycles. The summed E-state index contributed by atoms with van der Waals surface area (Å²) in [5, 5.41) is 15.0. The summed E-state index contributed by atoms with van der Waals surface area (Å²) in [6, 6.07) is 12.8. The van der Waals surface area contributed by atoms with Crippen LogP contribution in [0.4, 0.5) is 0 Å². The molecule has 5 heteroatoms. The van der Waals surface area contributed by atoms with Gasteiger partial charge in [-0.15, -0.1) is 0 Å². The van der Waals surface area contributed by atoms with Gasteiger partial charge >= 0.3 is 0 Å². The summed E-state index contributed by atoms with van der Waals surface area (Å²) >= 11 is 6.44. The fraction of sp³-hybridized carbons (Fsp3) is 0.273. The van der Waals surface area contributed by atoms with E-state index >= 15 is 0 Å². The summed E-state index contributed by atoms with van der Waals surface area (Å²) in [7, 11) is 0. The van der Waals surface area contributed by atoms with Crippen LogP contribution in [0.15, 0.2) is 48.7 Å². The third kappa shape index (κ3) is 3.91. The normalized spacial score (nSPS) is 12.3. The maximum absolute atomic E-state index is 12.2. The third-order valence-electron chi connectivity index (χ3n) is 4.72. The number of phenolic OH excluding ortho intramolecular Hbond substituents is 1. The van der Waals surface area contributed by atoms with Crippen molar-refractivity contribution in [2.45, 2.75) is 39.2 Å². The molecule has 1 atom stereocenters. The number of carbonyl (C=O) groups is 1. The van der Waals surface area contributed by atoms with Gasteiger partial charge in [0.25, 0.3) is 0 Å². The maximum atomic E-state index is 12.2. The minimum atomic E-state index is -0.512. The molecule has 0 aliphatic carbocycles. The van der Waals surface area contributed by atoms with Crippen molar-refractivity contribution in [1.29, 1.82) is 0 Å². The zero-order chi connectivity index (χ0) is 19.6. The van der Waals surface area contributed by atoms with Crippen LogP contribution in [0.2, 0.25) is 5.02 Å². The lowest BCUT2D eigenvalue weighted by molar-refractivity contribution is -0.121. The summed E-state index contributed by atoms with van der Waals surface area (Å²) in [6.07, 6.45) is 1.96. The molecule has 3 rings (SSSR count). The van der Waals surface area contributed by atoms with Gasteiger partial charge in [-0.2, -0.15) is 0 Å². The molecule has 1 amide bonds. The van der Waals surface area contributed by atoms with Crippen LogP contribution in [-0.4, -0.2) is 16.0 Å². The lowest BCUT2D eigenvalue weighted by atomic mass is 9.93. The number of benzene rings is 2. The molecule has 0 spiro atoms. The minimum Gasteiger partial charge on any atom is -0.505 e. The quantitative estimate of drug-likeness (QED) is 0.626. The lowest BCUT2D eigenvalue weighted by Crippen LogP contribution is -2.28. The van der Waals surface area contributed by atoms with Crippen molar-refractivity contribution in [2.24, 2.45) is 0 Å². The number of aromatic nitrogens is 1. The summed E-state index contributed by atoms with van der Waals surface area (Å²) in [5.74, 6) is 0.337. The standard InChI is InChI=1S/C22H23ClN2O2/c1-4-19(26)25-20(15-9-7-14(8-10-15)13(2)3)17-12-18(23)16-6-5-11-24-21(16)22(17)27/h5-13,20,27H,4H2,1-3H3,(H,25,26)/t20-/m0/s1. The first-order chi connectivity index (χ1) is 12.9. The largest absolute Gasteiger partial charge is 0.505 e. The van der Waals surface area contributed by atoms with Gasteiger partial charge in [0.2, 0.25) is 5.91 Å². The summed E-state index contributed by atoms with van der Waals surface area (Å²) in [5.41, 5.74) is 3.05. The van der Waals surface area contributed by atoms with E-state index in [1.54, 1.807) is 25.3 Å². The van der Waals surface area contributed by atoms with Gasteiger partial charge in [0.15, 0.2) is 0 Å². The van der Waals surface area contributed by atoms with Gasteiger partial charge < -0.3 is 10.4 Å². The van der Waals surface area contributed by atoms with Gasteiger partial charge in [-0.1, -0.05) is 56.6 Å². The van der Waals surface area contributed by atoms with Crippen LogP contribution < -0.4 is 5.32 Å². The van der Waals surface area contributed by atoms with Crippen molar-refractivity contribution in [3.05, 3.63) is 70.4 Å². The van der Waals surface area contributed by atoms with Crippen LogP contribution in [0.3, 0.4) is 0 Å². The molecular formula is C22H23ClN2O2. The Morgan fingerprint density at radius 2 is 1.85 bits per heavy atom. The summed E-state index contributed by atoms with van der Waals surface area (Å²) < 4.78 is 0. The molecule has 2 N–H and O–H groups in total. The van der Waals surface area contributed by atoms with Crippen molar-refractivity contribution in [3.8, 4) is 5.75 Å². The van der Waals surface area contributed by atoms with Crippen LogP contribution >= 0.6 is 11.6 Å². The number of hydrogen-bond donors (Lipinski definition) is 2. The second-order valence-electron chi connectivity index (χ2n) is 6.87. The Kier molecular flexibility index (Phi) is 5.66. The first-order valence-electron chi connectivity index (χ1n) is 9.07. The Balaban J connectivity index is 2.15. The Morgan fingerprint density at radius 3 is 2.48 bits per heavy atom. The number of nitrogens with one attached hydrogen (secondary N) is 1. The van der Waals surface area contributed by atoms with E-state index in [-0.39, 0.29) is 11.7 Å². The highest BCUT2D eigenvalue weighted by Gasteiger charge is 2.23. The molecule has 0 aliphatic heterocycles. The predicted octanol–water partition coefficient (Wildman–Crippen LogP) is 5.33. The van der Waals surface area contributed by atoms with Gasteiger partial charge in [0, 0.05) is 23.6 Å². The Morgan fingerprint density at radius 1 is 1.19 bits per heavy atom. The molecule has 3 aromatic rings. The second kappa shape index (κ2) is 7.97. The van der Waals surface area contributed by atoms with Gasteiger partial charge in [0.05, 0.1) is 11.1 Å². The number of carbonyl (C=O) groups excluding carboxylic acids is 1. The molecule has 2 aromatic carbocycles. The monoisotopic (exact) mass is 382 g/mol. The van der Waals surface area contributed by atoms with E-state index < -0.39 is 6.04 Å². The molecule has 1 heterocycles. The van der Waals surface area contributed by atoms with E-state index in [2.05, 4.69) is 24.1 Å². The van der Waals surface area contributed by atoms with E-state index in [1.165, 1.54) is 5.56 Å². The number of nitrogens with zero attached hydrogens (tertiary/aromatic N) is 1. The number of pyridine rings is 1. The van der Waals surface area contributed by atoms with Crippen molar-refractivity contribution in [2.75, 3.05) is 0 Å². The number of halogens is 1. The molecule has 0 radical (unpaired) electrons. The Hall–Kier alpha value is -2.59. The van der Waals surface area contributed by atoms with Crippen LogP contribution in [-0.2, 0) is 4.79 Å². The van der Waals surface area contributed by atoms with Crippen molar-refractivity contribution >= 4 is 28.4 Å². The SMILES string of the molecule is CCC(=O)N[C@@H](c1ccc(C(C)C)cc1)c1cc(Cl)c2cccnc2c1O. The fourth-order valence-electron chi connectivity index (χ4n) is 3.10. The zero-order valence-corrected chi connectivity index (χ0v) is 16.4. The van der Waals surface area contributed by atoms with Gasteiger partial charge in [-0.25, -0.2) is 0 Å². The molecule has 0 fully saturated rings. The number of amides is 1. The summed E-state index contributed by atoms with van der Waals surface area (Å²) in [4.78, 5) is 16.4. The van der Waals surface area contributed by atoms with E-state index in [0.29, 0.717) is 33.8 Å². The van der Waals surface area contributed by atoms with Crippen LogP contribution in [0, 0.1) is 0 Å². The summed E-state index contributed by atoms with van der Waals surface area (Å²) in [6.45, 7) is 6.06. The average Bonchev–Trinajstić information content (AvgIpc) is 2.69. The molecule has 0 bridgehead atoms. The highest BCUT2D eigenvalue weighted by molar-refractivity contribution is 6.35. The van der Waals surface area contributed by atoms with Crippen molar-refractivity contribution in [1.82, 2.24) is 10.3 Å². The molecule has 0 aliphatic rings. The van der Waals surface area contributed by atoms with Crippen LogP contribution in [0.1, 0.15) is 55.8 Å².